The van der Waals surface area contributed by atoms with E-state index in [1.807, 2.05) is 39.8 Å². The van der Waals surface area contributed by atoms with E-state index in [4.69, 9.17) is 5.73 Å². The Labute approximate surface area is 143 Å². The van der Waals surface area contributed by atoms with Crippen LogP contribution in [0.5, 0.6) is 0 Å². The van der Waals surface area contributed by atoms with Gasteiger partial charge in [0.15, 0.2) is 5.96 Å². The number of hydrogen-bond acceptors (Lipinski definition) is 3. The summed E-state index contributed by atoms with van der Waals surface area (Å²) in [6.45, 7) is 8.19. The first-order chi connectivity index (χ1) is 9.26. The molecule has 0 saturated carbocycles. The number of pyridine rings is 1. The molecule has 0 unspecified atom stereocenters. The van der Waals surface area contributed by atoms with Gasteiger partial charge < -0.3 is 16.4 Å². The van der Waals surface area contributed by atoms with Gasteiger partial charge in [0.2, 0.25) is 5.91 Å². The summed E-state index contributed by atoms with van der Waals surface area (Å²) < 4.78 is 0. The van der Waals surface area contributed by atoms with Gasteiger partial charge in [-0.05, 0) is 39.8 Å². The Balaban J connectivity index is 0.00000400. The number of carbonyl (C=O) groups is 1. The number of carbonyl (C=O) groups excluding carboxylic acids is 1. The summed E-state index contributed by atoms with van der Waals surface area (Å²) in [4.78, 5) is 20.0. The van der Waals surface area contributed by atoms with Crippen LogP contribution in [0.1, 0.15) is 32.9 Å². The van der Waals surface area contributed by atoms with Gasteiger partial charge in [0.25, 0.3) is 0 Å². The minimum atomic E-state index is -0.138. The number of anilines is 1. The van der Waals surface area contributed by atoms with Gasteiger partial charge in [-0.25, -0.2) is 4.98 Å². The molecular weight excluding hydrogens is 381 g/mol. The van der Waals surface area contributed by atoms with E-state index >= 15 is 0 Å². The fourth-order valence-electron chi connectivity index (χ4n) is 1.52. The fourth-order valence-corrected chi connectivity index (χ4v) is 1.52. The van der Waals surface area contributed by atoms with Crippen LogP contribution in [0.25, 0.3) is 0 Å². The lowest BCUT2D eigenvalue weighted by Gasteiger charge is -2.20. The molecule has 118 valence electrons. The number of amides is 1. The van der Waals surface area contributed by atoms with Crippen molar-refractivity contribution in [2.24, 2.45) is 10.7 Å². The molecule has 1 aromatic rings. The van der Waals surface area contributed by atoms with Crippen molar-refractivity contribution in [1.29, 1.82) is 0 Å². The van der Waals surface area contributed by atoms with Crippen molar-refractivity contribution in [1.82, 2.24) is 10.3 Å². The van der Waals surface area contributed by atoms with Crippen LogP contribution >= 0.6 is 24.0 Å². The second kappa shape index (κ2) is 8.81. The molecule has 7 heteroatoms. The minimum absolute atomic E-state index is 0. The van der Waals surface area contributed by atoms with E-state index in [1.165, 1.54) is 0 Å². The molecule has 1 heterocycles. The van der Waals surface area contributed by atoms with Crippen LogP contribution in [0.15, 0.2) is 23.2 Å². The summed E-state index contributed by atoms with van der Waals surface area (Å²) in [5, 5.41) is 5.76. The normalized spacial score (nSPS) is 11.5. The van der Waals surface area contributed by atoms with Gasteiger partial charge in [0.1, 0.15) is 5.82 Å². The summed E-state index contributed by atoms with van der Waals surface area (Å²) >= 11 is 0. The third kappa shape index (κ3) is 9.22. The average molecular weight is 405 g/mol. The van der Waals surface area contributed by atoms with E-state index in [1.54, 1.807) is 6.07 Å². The first-order valence-corrected chi connectivity index (χ1v) is 6.58. The lowest BCUT2D eigenvalue weighted by molar-refractivity contribution is -0.116. The number of nitrogens with one attached hydrogen (secondary N) is 2. The van der Waals surface area contributed by atoms with Crippen molar-refractivity contribution in [3.8, 4) is 0 Å². The standard InChI is InChI=1S/C14H23N5O.HI/c1-10-6-5-7-11(17-10)18-12(20)8-9-16-13(15)19-14(2,3)4;/h5-7H,8-9H2,1-4H3,(H3,15,16,19)(H,17,18,20);1H. The molecule has 0 aromatic carbocycles. The van der Waals surface area contributed by atoms with Crippen LogP contribution in [0.4, 0.5) is 5.82 Å². The van der Waals surface area contributed by atoms with E-state index in [9.17, 15) is 4.79 Å². The Bertz CT molecular complexity index is 496. The van der Waals surface area contributed by atoms with Crippen LogP contribution in [-0.4, -0.2) is 28.9 Å². The van der Waals surface area contributed by atoms with Gasteiger partial charge in [-0.3, -0.25) is 9.79 Å². The lowest BCUT2D eigenvalue weighted by Crippen LogP contribution is -2.45. The zero-order chi connectivity index (χ0) is 15.2. The van der Waals surface area contributed by atoms with Crippen molar-refractivity contribution < 1.29 is 4.79 Å². The predicted octanol–water partition coefficient (Wildman–Crippen LogP) is 2.04. The molecule has 0 spiro atoms. The summed E-state index contributed by atoms with van der Waals surface area (Å²) in [6, 6.07) is 5.48. The highest BCUT2D eigenvalue weighted by Crippen LogP contribution is 2.04. The van der Waals surface area contributed by atoms with Crippen LogP contribution in [-0.2, 0) is 4.79 Å². The largest absolute Gasteiger partial charge is 0.370 e. The SMILES string of the molecule is Cc1cccc(NC(=O)CCN=C(N)NC(C)(C)C)n1.I. The lowest BCUT2D eigenvalue weighted by atomic mass is 10.1. The Kier molecular flexibility index (Phi) is 8.23. The molecule has 0 fully saturated rings. The van der Waals surface area contributed by atoms with Crippen molar-refractivity contribution >= 4 is 41.7 Å². The topological polar surface area (TPSA) is 92.4 Å². The number of halogens is 1. The van der Waals surface area contributed by atoms with E-state index < -0.39 is 0 Å². The maximum absolute atomic E-state index is 11.7. The molecule has 0 radical (unpaired) electrons. The number of aliphatic imine (C=N–C) groups is 1. The third-order valence-corrected chi connectivity index (χ3v) is 2.28. The Morgan fingerprint density at radius 1 is 1.38 bits per heavy atom. The number of aryl methyl sites for hydroxylation is 1. The molecule has 6 nitrogen and oxygen atoms in total. The molecule has 1 rings (SSSR count). The Morgan fingerprint density at radius 2 is 2.05 bits per heavy atom. The summed E-state index contributed by atoms with van der Waals surface area (Å²) in [5.74, 6) is 0.772. The van der Waals surface area contributed by atoms with Crippen molar-refractivity contribution in [3.63, 3.8) is 0 Å². The predicted molar refractivity (Wildman–Crippen MR) is 97.0 cm³/mol. The summed E-state index contributed by atoms with van der Waals surface area (Å²) in [5.41, 5.74) is 6.44. The Morgan fingerprint density at radius 3 is 2.62 bits per heavy atom. The quantitative estimate of drug-likeness (QED) is 0.406. The second-order valence-electron chi connectivity index (χ2n) is 5.60. The number of nitrogens with zero attached hydrogens (tertiary/aromatic N) is 2. The number of aromatic nitrogens is 1. The molecule has 0 aliphatic carbocycles. The van der Waals surface area contributed by atoms with E-state index in [-0.39, 0.29) is 41.8 Å². The van der Waals surface area contributed by atoms with Gasteiger partial charge in [-0.1, -0.05) is 6.07 Å². The maximum Gasteiger partial charge on any atom is 0.227 e. The zero-order valence-corrected chi connectivity index (χ0v) is 15.3. The van der Waals surface area contributed by atoms with Crippen LogP contribution < -0.4 is 16.4 Å². The van der Waals surface area contributed by atoms with E-state index in [0.717, 1.165) is 5.69 Å². The van der Waals surface area contributed by atoms with Crippen molar-refractivity contribution in [2.45, 2.75) is 39.7 Å². The summed E-state index contributed by atoms with van der Waals surface area (Å²) in [7, 11) is 0. The van der Waals surface area contributed by atoms with Crippen molar-refractivity contribution in [3.05, 3.63) is 23.9 Å². The van der Waals surface area contributed by atoms with Crippen LogP contribution in [0.2, 0.25) is 0 Å². The maximum atomic E-state index is 11.7. The van der Waals surface area contributed by atoms with Gasteiger partial charge in [-0.2, -0.15) is 0 Å². The fraction of sp³-hybridized carbons (Fsp3) is 0.500. The Hall–Kier alpha value is -1.38. The molecule has 0 aliphatic rings. The average Bonchev–Trinajstić information content (AvgIpc) is 2.26. The monoisotopic (exact) mass is 405 g/mol. The minimum Gasteiger partial charge on any atom is -0.370 e. The first-order valence-electron chi connectivity index (χ1n) is 6.58. The first kappa shape index (κ1) is 19.6. The number of rotatable bonds is 4. The van der Waals surface area contributed by atoms with Gasteiger partial charge >= 0.3 is 0 Å². The molecule has 0 bridgehead atoms. The van der Waals surface area contributed by atoms with Crippen molar-refractivity contribution in [2.75, 3.05) is 11.9 Å². The van der Waals surface area contributed by atoms with Gasteiger partial charge in [0.05, 0.1) is 6.54 Å². The van der Waals surface area contributed by atoms with Gasteiger partial charge in [-0.15, -0.1) is 24.0 Å². The van der Waals surface area contributed by atoms with Gasteiger partial charge in [0, 0.05) is 17.7 Å². The number of guanidine groups is 1. The zero-order valence-electron chi connectivity index (χ0n) is 12.9. The van der Waals surface area contributed by atoms with Crippen LogP contribution in [0, 0.1) is 6.92 Å². The highest BCUT2D eigenvalue weighted by molar-refractivity contribution is 14.0. The molecule has 0 aliphatic heterocycles. The summed E-state index contributed by atoms with van der Waals surface area (Å²) in [6.07, 6.45) is 0.266. The molecule has 0 saturated heterocycles. The van der Waals surface area contributed by atoms with E-state index in [0.29, 0.717) is 18.3 Å². The highest BCUT2D eigenvalue weighted by atomic mass is 127. The van der Waals surface area contributed by atoms with Crippen LogP contribution in [0.3, 0.4) is 0 Å². The van der Waals surface area contributed by atoms with E-state index in [2.05, 4.69) is 20.6 Å². The second-order valence-corrected chi connectivity index (χ2v) is 5.60. The number of nitrogens with two attached hydrogens (primary N) is 1. The highest BCUT2D eigenvalue weighted by Gasteiger charge is 2.09. The smallest absolute Gasteiger partial charge is 0.227 e. The molecule has 1 aromatic heterocycles. The third-order valence-electron chi connectivity index (χ3n) is 2.28. The molecular formula is C14H24IN5O. The molecule has 0 atom stereocenters. The molecule has 1 amide bonds. The molecule has 21 heavy (non-hydrogen) atoms. The number of hydrogen-bond donors (Lipinski definition) is 3. The molecule has 4 N–H and O–H groups in total.